The Balaban J connectivity index is 1.91. The molecule has 0 unspecified atom stereocenters. The average molecular weight is 245 g/mol. The van der Waals surface area contributed by atoms with E-state index in [9.17, 15) is 4.79 Å². The second-order valence-corrected chi connectivity index (χ2v) is 5.54. The molecule has 0 heterocycles. The van der Waals surface area contributed by atoms with E-state index in [0.29, 0.717) is 5.92 Å². The highest BCUT2D eigenvalue weighted by Crippen LogP contribution is 2.38. The lowest BCUT2D eigenvalue weighted by Gasteiger charge is -2.14. The van der Waals surface area contributed by atoms with Crippen LogP contribution in [-0.2, 0) is 11.2 Å². The highest BCUT2D eigenvalue weighted by atomic mass is 16.2. The molecule has 0 aromatic heterocycles. The lowest BCUT2D eigenvalue weighted by molar-refractivity contribution is -0.123. The van der Waals surface area contributed by atoms with E-state index in [1.54, 1.807) is 0 Å². The number of nitrogens with one attached hydrogen (secondary N) is 1. The Kier molecular flexibility index (Phi) is 4.05. The zero-order valence-electron chi connectivity index (χ0n) is 11.6. The number of hydrogen-bond acceptors (Lipinski definition) is 1. The standard InChI is InChI=1S/C16H23NO/c1-4-5-13-6-8-14(9-7-13)12(3)17-16(18)15-10-11(15)2/h6-9,11-12,15H,4-5,10H2,1-3H3,(H,17,18)/t11-,12-,15+/m0/s1. The quantitative estimate of drug-likeness (QED) is 0.845. The fourth-order valence-corrected chi connectivity index (χ4v) is 2.35. The third-order valence-electron chi connectivity index (χ3n) is 3.82. The summed E-state index contributed by atoms with van der Waals surface area (Å²) in [6.45, 7) is 6.38. The van der Waals surface area contributed by atoms with E-state index < -0.39 is 0 Å². The molecule has 2 rings (SSSR count). The van der Waals surface area contributed by atoms with Gasteiger partial charge in [0.2, 0.25) is 5.91 Å². The van der Waals surface area contributed by atoms with E-state index in [1.807, 2.05) is 0 Å². The number of carbonyl (C=O) groups is 1. The van der Waals surface area contributed by atoms with Gasteiger partial charge in [0.05, 0.1) is 6.04 Å². The van der Waals surface area contributed by atoms with Crippen molar-refractivity contribution in [2.75, 3.05) is 0 Å². The molecule has 0 aliphatic heterocycles. The Bertz CT molecular complexity index is 410. The average Bonchev–Trinajstić information content (AvgIpc) is 3.08. The van der Waals surface area contributed by atoms with Gasteiger partial charge in [0.1, 0.15) is 0 Å². The molecule has 98 valence electrons. The van der Waals surface area contributed by atoms with Gasteiger partial charge in [0.15, 0.2) is 0 Å². The van der Waals surface area contributed by atoms with E-state index in [1.165, 1.54) is 17.5 Å². The van der Waals surface area contributed by atoms with Crippen molar-refractivity contribution in [3.63, 3.8) is 0 Å². The van der Waals surface area contributed by atoms with Crippen molar-refractivity contribution in [2.45, 2.75) is 46.1 Å². The van der Waals surface area contributed by atoms with Gasteiger partial charge in [0, 0.05) is 5.92 Å². The van der Waals surface area contributed by atoms with Gasteiger partial charge in [-0.2, -0.15) is 0 Å². The summed E-state index contributed by atoms with van der Waals surface area (Å²) in [6, 6.07) is 8.71. The van der Waals surface area contributed by atoms with Crippen molar-refractivity contribution in [3.8, 4) is 0 Å². The summed E-state index contributed by atoms with van der Waals surface area (Å²) in [7, 11) is 0. The number of amides is 1. The Morgan fingerprint density at radius 1 is 1.39 bits per heavy atom. The number of aryl methyl sites for hydroxylation is 1. The molecule has 1 N–H and O–H groups in total. The van der Waals surface area contributed by atoms with Crippen LogP contribution in [0.15, 0.2) is 24.3 Å². The van der Waals surface area contributed by atoms with Crippen molar-refractivity contribution < 1.29 is 4.79 Å². The molecule has 2 nitrogen and oxygen atoms in total. The minimum atomic E-state index is 0.112. The molecule has 0 spiro atoms. The van der Waals surface area contributed by atoms with Gasteiger partial charge in [0.25, 0.3) is 0 Å². The molecule has 1 aromatic rings. The third-order valence-corrected chi connectivity index (χ3v) is 3.82. The van der Waals surface area contributed by atoms with Crippen molar-refractivity contribution in [3.05, 3.63) is 35.4 Å². The summed E-state index contributed by atoms with van der Waals surface area (Å²) in [6.07, 6.45) is 3.35. The van der Waals surface area contributed by atoms with Crippen LogP contribution in [0.3, 0.4) is 0 Å². The van der Waals surface area contributed by atoms with E-state index >= 15 is 0 Å². The van der Waals surface area contributed by atoms with Gasteiger partial charge in [-0.3, -0.25) is 4.79 Å². The molecule has 18 heavy (non-hydrogen) atoms. The largest absolute Gasteiger partial charge is 0.349 e. The first-order valence-electron chi connectivity index (χ1n) is 7.01. The number of hydrogen-bond donors (Lipinski definition) is 1. The maximum Gasteiger partial charge on any atom is 0.223 e. The van der Waals surface area contributed by atoms with Crippen LogP contribution in [0.1, 0.15) is 50.8 Å². The number of carbonyl (C=O) groups excluding carboxylic acids is 1. The molecule has 1 saturated carbocycles. The highest BCUT2D eigenvalue weighted by Gasteiger charge is 2.39. The smallest absolute Gasteiger partial charge is 0.223 e. The van der Waals surface area contributed by atoms with Crippen LogP contribution in [0.25, 0.3) is 0 Å². The Morgan fingerprint density at radius 3 is 2.50 bits per heavy atom. The van der Waals surface area contributed by atoms with Crippen molar-refractivity contribution in [1.29, 1.82) is 0 Å². The molecule has 0 radical (unpaired) electrons. The van der Waals surface area contributed by atoms with Gasteiger partial charge in [-0.15, -0.1) is 0 Å². The summed E-state index contributed by atoms with van der Waals surface area (Å²) in [5.41, 5.74) is 2.56. The zero-order chi connectivity index (χ0) is 13.1. The van der Waals surface area contributed by atoms with E-state index in [0.717, 1.165) is 12.8 Å². The number of rotatable bonds is 5. The van der Waals surface area contributed by atoms with Crippen LogP contribution in [-0.4, -0.2) is 5.91 Å². The summed E-state index contributed by atoms with van der Waals surface area (Å²) in [4.78, 5) is 11.9. The molecule has 1 fully saturated rings. The van der Waals surface area contributed by atoms with E-state index in [4.69, 9.17) is 0 Å². The third kappa shape index (κ3) is 3.12. The summed E-state index contributed by atoms with van der Waals surface area (Å²) in [5, 5.41) is 3.10. The molecule has 0 saturated heterocycles. The van der Waals surface area contributed by atoms with Gasteiger partial charge in [-0.05, 0) is 36.8 Å². The summed E-state index contributed by atoms with van der Waals surface area (Å²) < 4.78 is 0. The Labute approximate surface area is 110 Å². The van der Waals surface area contributed by atoms with Crippen molar-refractivity contribution in [2.24, 2.45) is 11.8 Å². The normalized spacial score (nSPS) is 23.5. The first-order chi connectivity index (χ1) is 8.61. The van der Waals surface area contributed by atoms with Crippen molar-refractivity contribution >= 4 is 5.91 Å². The lowest BCUT2D eigenvalue weighted by atomic mass is 10.0. The SMILES string of the molecule is CCCc1ccc([C@H](C)NC(=O)[C@@H]2C[C@@H]2C)cc1. The van der Waals surface area contributed by atoms with E-state index in [-0.39, 0.29) is 17.9 Å². The topological polar surface area (TPSA) is 29.1 Å². The molecule has 1 amide bonds. The lowest BCUT2D eigenvalue weighted by Crippen LogP contribution is -2.28. The van der Waals surface area contributed by atoms with Gasteiger partial charge in [-0.25, -0.2) is 0 Å². The maximum atomic E-state index is 11.9. The fraction of sp³-hybridized carbons (Fsp3) is 0.562. The minimum Gasteiger partial charge on any atom is -0.349 e. The first kappa shape index (κ1) is 13.1. The first-order valence-corrected chi connectivity index (χ1v) is 7.01. The van der Waals surface area contributed by atoms with Gasteiger partial charge < -0.3 is 5.32 Å². The van der Waals surface area contributed by atoms with Crippen LogP contribution in [0.5, 0.6) is 0 Å². The summed E-state index contributed by atoms with van der Waals surface area (Å²) >= 11 is 0. The van der Waals surface area contributed by atoms with Crippen LogP contribution in [0.4, 0.5) is 0 Å². The maximum absolute atomic E-state index is 11.9. The number of benzene rings is 1. The van der Waals surface area contributed by atoms with E-state index in [2.05, 4.69) is 50.4 Å². The Hall–Kier alpha value is -1.31. The predicted octanol–water partition coefficient (Wildman–Crippen LogP) is 3.47. The van der Waals surface area contributed by atoms with Crippen LogP contribution < -0.4 is 5.32 Å². The zero-order valence-corrected chi connectivity index (χ0v) is 11.6. The molecule has 2 heteroatoms. The molecule has 1 aliphatic carbocycles. The highest BCUT2D eigenvalue weighted by molar-refractivity contribution is 5.81. The van der Waals surface area contributed by atoms with Gasteiger partial charge in [-0.1, -0.05) is 44.5 Å². The fourth-order valence-electron chi connectivity index (χ4n) is 2.35. The monoisotopic (exact) mass is 245 g/mol. The molecule has 1 aromatic carbocycles. The minimum absolute atomic E-state index is 0.112. The second-order valence-electron chi connectivity index (χ2n) is 5.54. The second kappa shape index (κ2) is 5.55. The summed E-state index contributed by atoms with van der Waals surface area (Å²) in [5.74, 6) is 1.04. The molecule has 1 aliphatic rings. The molecule has 3 atom stereocenters. The molecule has 0 bridgehead atoms. The van der Waals surface area contributed by atoms with Crippen LogP contribution in [0.2, 0.25) is 0 Å². The predicted molar refractivity (Wildman–Crippen MR) is 74.3 cm³/mol. The molecular formula is C16H23NO. The van der Waals surface area contributed by atoms with Gasteiger partial charge >= 0.3 is 0 Å². The van der Waals surface area contributed by atoms with Crippen LogP contribution in [0, 0.1) is 11.8 Å². The Morgan fingerprint density at radius 2 is 2.00 bits per heavy atom. The molecular weight excluding hydrogens is 222 g/mol. The van der Waals surface area contributed by atoms with Crippen molar-refractivity contribution in [1.82, 2.24) is 5.32 Å². The van der Waals surface area contributed by atoms with Crippen LogP contribution >= 0.6 is 0 Å².